The SMILES string of the molecule is CCS(=O)(=O)N1CCc2c(c3cccc(F)c3n2-c2ccccc2F)C1. The Morgan fingerprint density at radius 1 is 1.04 bits per heavy atom. The summed E-state index contributed by atoms with van der Waals surface area (Å²) in [5.41, 5.74) is 2.07. The lowest BCUT2D eigenvalue weighted by Crippen LogP contribution is -2.37. The molecular formula is C19H18F2N2O2S. The molecule has 0 saturated heterocycles. The number of fused-ring (bicyclic) bond motifs is 3. The zero-order chi connectivity index (χ0) is 18.5. The molecule has 4 nitrogen and oxygen atoms in total. The summed E-state index contributed by atoms with van der Waals surface area (Å²) >= 11 is 0. The Bertz CT molecular complexity index is 1110. The van der Waals surface area contributed by atoms with Crippen LogP contribution in [0.15, 0.2) is 42.5 Å². The standard InChI is InChI=1S/C19H18F2N2O2S/c1-2-26(24,25)22-11-10-17-14(12-22)13-6-5-8-16(21)19(13)23(17)18-9-4-3-7-15(18)20/h3-9H,2,10-12H2,1H3. The first-order chi connectivity index (χ1) is 12.4. The van der Waals surface area contributed by atoms with E-state index in [9.17, 15) is 17.2 Å². The maximum absolute atomic E-state index is 14.7. The van der Waals surface area contributed by atoms with Gasteiger partial charge in [0.1, 0.15) is 11.6 Å². The third-order valence-corrected chi connectivity index (χ3v) is 6.77. The molecule has 0 radical (unpaired) electrons. The third-order valence-electron chi connectivity index (χ3n) is 4.94. The van der Waals surface area contributed by atoms with E-state index in [4.69, 9.17) is 0 Å². The van der Waals surface area contributed by atoms with Crippen LogP contribution >= 0.6 is 0 Å². The average Bonchev–Trinajstić information content (AvgIpc) is 2.97. The Morgan fingerprint density at radius 2 is 1.77 bits per heavy atom. The molecule has 0 aliphatic carbocycles. The van der Waals surface area contributed by atoms with E-state index in [1.807, 2.05) is 0 Å². The number of benzene rings is 2. The van der Waals surface area contributed by atoms with Crippen LogP contribution in [0.2, 0.25) is 0 Å². The molecule has 0 fully saturated rings. The molecule has 7 heteroatoms. The number of hydrogen-bond donors (Lipinski definition) is 0. The van der Waals surface area contributed by atoms with Crippen molar-refractivity contribution in [1.29, 1.82) is 0 Å². The van der Waals surface area contributed by atoms with Crippen LogP contribution in [0.25, 0.3) is 16.6 Å². The molecule has 1 aliphatic rings. The molecule has 0 N–H and O–H groups in total. The van der Waals surface area contributed by atoms with Crippen molar-refractivity contribution in [2.24, 2.45) is 0 Å². The fourth-order valence-corrected chi connectivity index (χ4v) is 4.72. The van der Waals surface area contributed by atoms with Crippen molar-refractivity contribution in [1.82, 2.24) is 8.87 Å². The Hall–Kier alpha value is -2.25. The lowest BCUT2D eigenvalue weighted by Gasteiger charge is -2.27. The zero-order valence-electron chi connectivity index (χ0n) is 14.2. The molecule has 0 spiro atoms. The summed E-state index contributed by atoms with van der Waals surface area (Å²) in [5, 5.41) is 0.624. The first-order valence-corrected chi connectivity index (χ1v) is 10.1. The Balaban J connectivity index is 2.00. The monoisotopic (exact) mass is 376 g/mol. The van der Waals surface area contributed by atoms with Gasteiger partial charge in [0.25, 0.3) is 0 Å². The van der Waals surface area contributed by atoms with Crippen LogP contribution in [0.3, 0.4) is 0 Å². The highest BCUT2D eigenvalue weighted by Gasteiger charge is 2.31. The van der Waals surface area contributed by atoms with E-state index in [-0.39, 0.29) is 18.0 Å². The smallest absolute Gasteiger partial charge is 0.214 e. The minimum Gasteiger partial charge on any atom is -0.308 e. The lowest BCUT2D eigenvalue weighted by atomic mass is 10.1. The minimum atomic E-state index is -3.35. The predicted octanol–water partition coefficient (Wildman–Crippen LogP) is 3.62. The van der Waals surface area contributed by atoms with Crippen molar-refractivity contribution in [3.8, 4) is 5.69 Å². The van der Waals surface area contributed by atoms with E-state index in [2.05, 4.69) is 0 Å². The van der Waals surface area contributed by atoms with Crippen molar-refractivity contribution < 1.29 is 17.2 Å². The summed E-state index contributed by atoms with van der Waals surface area (Å²) in [5.74, 6) is -0.882. The molecule has 26 heavy (non-hydrogen) atoms. The highest BCUT2D eigenvalue weighted by molar-refractivity contribution is 7.89. The van der Waals surface area contributed by atoms with Gasteiger partial charge in [0.15, 0.2) is 0 Å². The van der Waals surface area contributed by atoms with Crippen molar-refractivity contribution in [2.45, 2.75) is 19.9 Å². The second kappa shape index (κ2) is 6.17. The normalized spacial score (nSPS) is 15.3. The average molecular weight is 376 g/mol. The van der Waals surface area contributed by atoms with Crippen LogP contribution in [-0.2, 0) is 23.0 Å². The van der Waals surface area contributed by atoms with Gasteiger partial charge < -0.3 is 4.57 Å². The first kappa shape index (κ1) is 17.2. The van der Waals surface area contributed by atoms with Crippen LogP contribution in [0.4, 0.5) is 8.78 Å². The number of rotatable bonds is 3. The number of hydrogen-bond acceptors (Lipinski definition) is 2. The van der Waals surface area contributed by atoms with Gasteiger partial charge >= 0.3 is 0 Å². The molecule has 0 amide bonds. The molecule has 0 unspecified atom stereocenters. The van der Waals surface area contributed by atoms with E-state index in [1.54, 1.807) is 41.8 Å². The summed E-state index contributed by atoms with van der Waals surface area (Å²) in [6.45, 7) is 2.08. The van der Waals surface area contributed by atoms with E-state index in [0.717, 1.165) is 11.3 Å². The number of nitrogens with zero attached hydrogens (tertiary/aromatic N) is 2. The minimum absolute atomic E-state index is 0.0165. The van der Waals surface area contributed by atoms with E-state index in [0.29, 0.717) is 23.9 Å². The molecule has 136 valence electrons. The fourth-order valence-electron chi connectivity index (χ4n) is 3.66. The molecule has 2 heterocycles. The van der Waals surface area contributed by atoms with E-state index in [1.165, 1.54) is 16.4 Å². The molecular weight excluding hydrogens is 358 g/mol. The maximum Gasteiger partial charge on any atom is 0.214 e. The number of halogens is 2. The number of aromatic nitrogens is 1. The summed E-state index contributed by atoms with van der Waals surface area (Å²) in [6.07, 6.45) is 0.400. The van der Waals surface area contributed by atoms with Gasteiger partial charge in [-0.2, -0.15) is 4.31 Å². The lowest BCUT2D eigenvalue weighted by molar-refractivity contribution is 0.390. The van der Waals surface area contributed by atoms with Gasteiger partial charge in [-0.05, 0) is 30.7 Å². The van der Waals surface area contributed by atoms with Gasteiger partial charge in [-0.3, -0.25) is 0 Å². The van der Waals surface area contributed by atoms with Gasteiger partial charge in [-0.15, -0.1) is 0 Å². The maximum atomic E-state index is 14.7. The second-order valence-electron chi connectivity index (χ2n) is 6.33. The molecule has 2 aromatic carbocycles. The molecule has 0 atom stereocenters. The van der Waals surface area contributed by atoms with Crippen LogP contribution in [0.1, 0.15) is 18.2 Å². The van der Waals surface area contributed by atoms with Crippen molar-refractivity contribution in [3.05, 3.63) is 65.4 Å². The molecule has 0 saturated carbocycles. The van der Waals surface area contributed by atoms with Gasteiger partial charge in [0.05, 0.1) is 17.0 Å². The van der Waals surface area contributed by atoms with Gasteiger partial charge in [0.2, 0.25) is 10.0 Å². The quantitative estimate of drug-likeness (QED) is 0.701. The van der Waals surface area contributed by atoms with Crippen LogP contribution in [0.5, 0.6) is 0 Å². The highest BCUT2D eigenvalue weighted by atomic mass is 32.2. The Labute approximate surface area is 150 Å². The Kier molecular flexibility index (Phi) is 4.08. The fraction of sp³-hybridized carbons (Fsp3) is 0.263. The summed E-state index contributed by atoms with van der Waals surface area (Å²) < 4.78 is 56.7. The second-order valence-corrected chi connectivity index (χ2v) is 8.59. The van der Waals surface area contributed by atoms with Crippen LogP contribution in [0, 0.1) is 11.6 Å². The van der Waals surface area contributed by atoms with E-state index >= 15 is 0 Å². The number of sulfonamides is 1. The van der Waals surface area contributed by atoms with Crippen LogP contribution < -0.4 is 0 Å². The molecule has 4 rings (SSSR count). The summed E-state index contributed by atoms with van der Waals surface area (Å²) in [6, 6.07) is 10.9. The van der Waals surface area contributed by atoms with Crippen molar-refractivity contribution >= 4 is 20.9 Å². The first-order valence-electron chi connectivity index (χ1n) is 8.47. The molecule has 1 aliphatic heterocycles. The van der Waals surface area contributed by atoms with Gasteiger partial charge in [-0.25, -0.2) is 17.2 Å². The summed E-state index contributed by atoms with van der Waals surface area (Å²) in [7, 11) is -3.35. The Morgan fingerprint density at radius 3 is 2.50 bits per heavy atom. The zero-order valence-corrected chi connectivity index (χ0v) is 15.1. The predicted molar refractivity (Wildman–Crippen MR) is 96.8 cm³/mol. The van der Waals surface area contributed by atoms with Crippen molar-refractivity contribution in [2.75, 3.05) is 12.3 Å². The third kappa shape index (κ3) is 2.54. The van der Waals surface area contributed by atoms with E-state index < -0.39 is 21.7 Å². The number of para-hydroxylation sites is 2. The molecule has 1 aromatic heterocycles. The van der Waals surface area contributed by atoms with Crippen molar-refractivity contribution in [3.63, 3.8) is 0 Å². The van der Waals surface area contributed by atoms with Crippen LogP contribution in [-0.4, -0.2) is 29.6 Å². The van der Waals surface area contributed by atoms with Gasteiger partial charge in [0, 0.05) is 30.6 Å². The molecule has 3 aromatic rings. The topological polar surface area (TPSA) is 42.3 Å². The largest absolute Gasteiger partial charge is 0.308 e. The molecule has 0 bridgehead atoms. The van der Waals surface area contributed by atoms with Gasteiger partial charge in [-0.1, -0.05) is 24.3 Å². The summed E-state index contributed by atoms with van der Waals surface area (Å²) in [4.78, 5) is 0. The highest BCUT2D eigenvalue weighted by Crippen LogP contribution is 2.36.